The highest BCUT2D eigenvalue weighted by atomic mass is 16.4. The van der Waals surface area contributed by atoms with Crippen molar-refractivity contribution < 1.29 is 14.7 Å². The smallest absolute Gasteiger partial charge is 0.320 e. The van der Waals surface area contributed by atoms with Gasteiger partial charge in [0.2, 0.25) is 0 Å². The Bertz CT molecular complexity index is 378. The zero-order chi connectivity index (χ0) is 15.4. The Morgan fingerprint density at radius 3 is 2.43 bits per heavy atom. The molecule has 5 heteroatoms. The molecule has 0 aromatic heterocycles. The third-order valence-corrected chi connectivity index (χ3v) is 5.28. The van der Waals surface area contributed by atoms with Crippen LogP contribution in [0.5, 0.6) is 0 Å². The van der Waals surface area contributed by atoms with Crippen LogP contribution in [0.1, 0.15) is 58.3 Å². The highest BCUT2D eigenvalue weighted by Gasteiger charge is 2.34. The zero-order valence-corrected chi connectivity index (χ0v) is 13.3. The van der Waals surface area contributed by atoms with Gasteiger partial charge in [-0.3, -0.25) is 4.79 Å². The van der Waals surface area contributed by atoms with Gasteiger partial charge >= 0.3 is 12.0 Å². The first kappa shape index (κ1) is 16.1. The quantitative estimate of drug-likeness (QED) is 0.867. The number of urea groups is 1. The molecule has 0 radical (unpaired) electrons. The fourth-order valence-electron chi connectivity index (χ4n) is 3.80. The molecule has 2 fully saturated rings. The molecule has 2 aliphatic rings. The van der Waals surface area contributed by atoms with Crippen molar-refractivity contribution in [2.45, 2.75) is 70.4 Å². The maximum absolute atomic E-state index is 12.6. The Morgan fingerprint density at radius 1 is 1.19 bits per heavy atom. The van der Waals surface area contributed by atoms with Crippen LogP contribution in [0.3, 0.4) is 0 Å². The van der Waals surface area contributed by atoms with Crippen molar-refractivity contribution >= 4 is 12.0 Å². The third-order valence-electron chi connectivity index (χ3n) is 5.28. The van der Waals surface area contributed by atoms with E-state index in [-0.39, 0.29) is 18.5 Å². The summed E-state index contributed by atoms with van der Waals surface area (Å²) in [5.74, 6) is 0.00195. The predicted molar refractivity (Wildman–Crippen MR) is 81.2 cm³/mol. The number of nitrogens with zero attached hydrogens (tertiary/aromatic N) is 2. The number of hydrogen-bond donors (Lipinski definition) is 1. The second kappa shape index (κ2) is 7.14. The number of amides is 2. The number of hydrogen-bond acceptors (Lipinski definition) is 2. The van der Waals surface area contributed by atoms with Crippen LogP contribution in [-0.2, 0) is 4.79 Å². The van der Waals surface area contributed by atoms with Gasteiger partial charge in [-0.15, -0.1) is 0 Å². The first-order valence-electron chi connectivity index (χ1n) is 8.28. The van der Waals surface area contributed by atoms with Gasteiger partial charge in [-0.25, -0.2) is 4.79 Å². The molecule has 1 heterocycles. The fourth-order valence-corrected chi connectivity index (χ4v) is 3.80. The maximum atomic E-state index is 12.6. The average molecular weight is 296 g/mol. The topological polar surface area (TPSA) is 60.9 Å². The highest BCUT2D eigenvalue weighted by Crippen LogP contribution is 2.30. The van der Waals surface area contributed by atoms with E-state index >= 15 is 0 Å². The predicted octanol–water partition coefficient (Wildman–Crippen LogP) is 2.95. The lowest BCUT2D eigenvalue weighted by Gasteiger charge is -2.37. The lowest BCUT2D eigenvalue weighted by molar-refractivity contribution is -0.138. The first-order valence-corrected chi connectivity index (χ1v) is 8.28. The average Bonchev–Trinajstić information content (AvgIpc) is 2.93. The number of aliphatic carboxylic acids is 1. The van der Waals surface area contributed by atoms with Gasteiger partial charge in [0, 0.05) is 25.7 Å². The van der Waals surface area contributed by atoms with Gasteiger partial charge in [0.25, 0.3) is 0 Å². The van der Waals surface area contributed by atoms with Gasteiger partial charge in [0.05, 0.1) is 6.42 Å². The number of carboxylic acids is 1. The number of carbonyl (C=O) groups excluding carboxylic acids is 1. The molecule has 1 unspecified atom stereocenters. The summed E-state index contributed by atoms with van der Waals surface area (Å²) in [6.07, 6.45) is 7.61. The minimum Gasteiger partial charge on any atom is -0.481 e. The van der Waals surface area contributed by atoms with E-state index in [2.05, 4.69) is 6.92 Å². The summed E-state index contributed by atoms with van der Waals surface area (Å²) in [5, 5.41) is 8.97. The van der Waals surface area contributed by atoms with Gasteiger partial charge < -0.3 is 14.9 Å². The Morgan fingerprint density at radius 2 is 1.86 bits per heavy atom. The molecule has 0 aromatic rings. The van der Waals surface area contributed by atoms with E-state index < -0.39 is 5.97 Å². The van der Waals surface area contributed by atoms with Gasteiger partial charge in [-0.2, -0.15) is 0 Å². The molecular weight excluding hydrogens is 268 g/mol. The van der Waals surface area contributed by atoms with Crippen LogP contribution in [0.4, 0.5) is 4.79 Å². The summed E-state index contributed by atoms with van der Waals surface area (Å²) in [7, 11) is 1.88. The van der Waals surface area contributed by atoms with E-state index in [1.807, 2.05) is 11.9 Å². The Hall–Kier alpha value is -1.26. The molecule has 2 amide bonds. The van der Waals surface area contributed by atoms with Gasteiger partial charge in [0.1, 0.15) is 0 Å². The zero-order valence-electron chi connectivity index (χ0n) is 13.3. The molecule has 1 aliphatic heterocycles. The second-order valence-electron chi connectivity index (χ2n) is 6.56. The molecule has 0 spiro atoms. The van der Waals surface area contributed by atoms with Crippen molar-refractivity contribution in [2.24, 2.45) is 5.92 Å². The lowest BCUT2D eigenvalue weighted by atomic mass is 9.84. The van der Waals surface area contributed by atoms with Crippen molar-refractivity contribution in [3.8, 4) is 0 Å². The maximum Gasteiger partial charge on any atom is 0.320 e. The van der Waals surface area contributed by atoms with Gasteiger partial charge in [0.15, 0.2) is 0 Å². The van der Waals surface area contributed by atoms with Gasteiger partial charge in [-0.1, -0.05) is 13.3 Å². The summed E-state index contributed by atoms with van der Waals surface area (Å²) in [4.78, 5) is 27.2. The summed E-state index contributed by atoms with van der Waals surface area (Å²) >= 11 is 0. The van der Waals surface area contributed by atoms with Crippen LogP contribution in [0.25, 0.3) is 0 Å². The van der Waals surface area contributed by atoms with Crippen LogP contribution in [0, 0.1) is 5.92 Å². The van der Waals surface area contributed by atoms with E-state index in [0.29, 0.717) is 12.6 Å². The summed E-state index contributed by atoms with van der Waals surface area (Å²) < 4.78 is 0. The fraction of sp³-hybridized carbons (Fsp3) is 0.875. The number of carbonyl (C=O) groups is 2. The number of carboxylic acid groups (broad SMARTS) is 1. The summed E-state index contributed by atoms with van der Waals surface area (Å²) in [6.45, 7) is 2.94. The molecule has 5 nitrogen and oxygen atoms in total. The summed E-state index contributed by atoms with van der Waals surface area (Å²) in [5.41, 5.74) is 0. The molecule has 120 valence electrons. The van der Waals surface area contributed by atoms with E-state index in [0.717, 1.165) is 31.6 Å². The number of rotatable bonds is 4. The second-order valence-corrected chi connectivity index (χ2v) is 6.56. The minimum atomic E-state index is -0.814. The molecule has 2 rings (SSSR count). The van der Waals surface area contributed by atoms with E-state index in [1.54, 1.807) is 4.90 Å². The molecule has 0 aromatic carbocycles. The lowest BCUT2D eigenvalue weighted by Crippen LogP contribution is -2.49. The molecule has 1 aliphatic carbocycles. The molecular formula is C16H28N2O3. The summed E-state index contributed by atoms with van der Waals surface area (Å²) in [6, 6.07) is 0.231. The van der Waals surface area contributed by atoms with Crippen molar-refractivity contribution in [3.05, 3.63) is 0 Å². The van der Waals surface area contributed by atoms with Crippen molar-refractivity contribution in [1.82, 2.24) is 9.80 Å². The van der Waals surface area contributed by atoms with E-state index in [4.69, 9.17) is 5.11 Å². The van der Waals surface area contributed by atoms with Crippen molar-refractivity contribution in [2.75, 3.05) is 13.6 Å². The number of likely N-dealkylation sites (tertiary alicyclic amines) is 1. The standard InChI is InChI=1S/C16H28N2O3/c1-3-12-6-8-13(9-7-12)17(2)16(21)18-10-4-5-14(18)11-15(19)20/h12-14H,3-11H2,1-2H3,(H,19,20). The minimum absolute atomic E-state index is 0.0266. The molecule has 1 N–H and O–H groups in total. The van der Waals surface area contributed by atoms with Crippen LogP contribution in [0.15, 0.2) is 0 Å². The Balaban J connectivity index is 1.91. The van der Waals surface area contributed by atoms with Gasteiger partial charge in [-0.05, 0) is 44.4 Å². The normalized spacial score (nSPS) is 29.4. The van der Waals surface area contributed by atoms with Crippen LogP contribution < -0.4 is 0 Å². The Labute approximate surface area is 127 Å². The molecule has 0 bridgehead atoms. The Kier molecular flexibility index (Phi) is 5.48. The van der Waals surface area contributed by atoms with Crippen molar-refractivity contribution in [1.29, 1.82) is 0 Å². The van der Waals surface area contributed by atoms with Crippen LogP contribution >= 0.6 is 0 Å². The first-order chi connectivity index (χ1) is 10.0. The SMILES string of the molecule is CCC1CCC(N(C)C(=O)N2CCCC2CC(=O)O)CC1. The highest BCUT2D eigenvalue weighted by molar-refractivity contribution is 5.76. The largest absolute Gasteiger partial charge is 0.481 e. The molecule has 1 saturated carbocycles. The van der Waals surface area contributed by atoms with E-state index in [1.165, 1.54) is 19.3 Å². The molecule has 1 saturated heterocycles. The van der Waals surface area contributed by atoms with Crippen molar-refractivity contribution in [3.63, 3.8) is 0 Å². The monoisotopic (exact) mass is 296 g/mol. The molecule has 21 heavy (non-hydrogen) atoms. The third kappa shape index (κ3) is 3.89. The van der Waals surface area contributed by atoms with Crippen LogP contribution in [-0.4, -0.2) is 52.6 Å². The van der Waals surface area contributed by atoms with E-state index in [9.17, 15) is 9.59 Å². The molecule has 1 atom stereocenters. The van der Waals surface area contributed by atoms with Crippen LogP contribution in [0.2, 0.25) is 0 Å².